The van der Waals surface area contributed by atoms with E-state index in [4.69, 9.17) is 0 Å². The lowest BCUT2D eigenvalue weighted by molar-refractivity contribution is 0.0619. The lowest BCUT2D eigenvalue weighted by atomic mass is 9.60. The second-order valence-electron chi connectivity index (χ2n) is 11.7. The number of Topliss-reactive ketones (excluding diaryl/α,β-unsaturated/α-hetero) is 4. The van der Waals surface area contributed by atoms with Gasteiger partial charge in [0.15, 0.2) is 28.7 Å². The maximum absolute atomic E-state index is 15.3. The van der Waals surface area contributed by atoms with Crippen LogP contribution >= 0.6 is 45.2 Å². The third-order valence-electron chi connectivity index (χ3n) is 9.64. The zero-order valence-electron chi connectivity index (χ0n) is 23.6. The van der Waals surface area contributed by atoms with E-state index in [0.717, 1.165) is 7.14 Å². The summed E-state index contributed by atoms with van der Waals surface area (Å²) in [5.41, 5.74) is -0.667. The van der Waals surface area contributed by atoms with E-state index >= 15 is 19.2 Å². The predicted molar refractivity (Wildman–Crippen MR) is 188 cm³/mol. The monoisotopic (exact) mass is 811 g/mol. The SMILES string of the molecule is O=C1c2ccccc2C(=O)C12[C@@H](c1ccc(I)cc1)C1(C(=O)c3ccccc3C1=O)N(c1ccccc1)[C@@H]2c1ccc(I)cc1. The molecule has 3 aliphatic rings. The summed E-state index contributed by atoms with van der Waals surface area (Å²) in [6, 6.07) is 37.2. The van der Waals surface area contributed by atoms with E-state index < -0.39 is 34.5 Å². The molecule has 7 heteroatoms. The number of nitrogens with zero attached hydrogens (tertiary/aromatic N) is 1. The number of carbonyl (C=O) groups is 4. The van der Waals surface area contributed by atoms with Crippen LogP contribution in [0, 0.1) is 12.6 Å². The fourth-order valence-electron chi connectivity index (χ4n) is 8.00. The summed E-state index contributed by atoms with van der Waals surface area (Å²) in [5, 5.41) is 0. The topological polar surface area (TPSA) is 71.5 Å². The van der Waals surface area contributed by atoms with Crippen LogP contribution in [-0.2, 0) is 0 Å². The minimum atomic E-state index is -1.92. The second-order valence-corrected chi connectivity index (χ2v) is 14.2. The van der Waals surface area contributed by atoms with Gasteiger partial charge in [0.25, 0.3) is 0 Å². The molecule has 5 aromatic carbocycles. The number of halogens is 2. The van der Waals surface area contributed by atoms with Crippen molar-refractivity contribution in [2.24, 2.45) is 5.41 Å². The first-order chi connectivity index (χ1) is 21.8. The molecule has 2 aliphatic carbocycles. The minimum Gasteiger partial charge on any atom is -0.343 e. The van der Waals surface area contributed by atoms with Crippen LogP contribution in [0.2, 0.25) is 0 Å². The molecule has 5 aromatic rings. The van der Waals surface area contributed by atoms with E-state index in [-0.39, 0.29) is 11.6 Å². The fraction of sp³-hybridized carbons (Fsp3) is 0.105. The smallest absolute Gasteiger partial charge is 0.197 e. The number of anilines is 1. The molecule has 0 unspecified atom stereocenters. The number of para-hydroxylation sites is 1. The van der Waals surface area contributed by atoms with Crippen molar-refractivity contribution in [3.63, 3.8) is 0 Å². The van der Waals surface area contributed by atoms with Crippen molar-refractivity contribution in [2.45, 2.75) is 17.5 Å². The Bertz CT molecular complexity index is 2000. The Morgan fingerprint density at radius 3 is 1.33 bits per heavy atom. The lowest BCUT2D eigenvalue weighted by Crippen LogP contribution is -2.57. The summed E-state index contributed by atoms with van der Waals surface area (Å²) in [7, 11) is 0. The molecule has 0 saturated carbocycles. The van der Waals surface area contributed by atoms with E-state index in [1.165, 1.54) is 0 Å². The molecule has 0 aromatic heterocycles. The Balaban J connectivity index is 1.58. The normalized spacial score (nSPS) is 20.7. The molecular formula is C38H23I2NO4. The first-order valence-electron chi connectivity index (χ1n) is 14.6. The molecule has 5 nitrogen and oxygen atoms in total. The van der Waals surface area contributed by atoms with E-state index in [0.29, 0.717) is 39.1 Å². The van der Waals surface area contributed by atoms with Gasteiger partial charge in [0.05, 0.1) is 6.04 Å². The third-order valence-corrected chi connectivity index (χ3v) is 11.1. The van der Waals surface area contributed by atoms with Crippen molar-refractivity contribution < 1.29 is 19.2 Å². The molecule has 1 saturated heterocycles. The number of fused-ring (bicyclic) bond motifs is 2. The molecule has 2 atom stereocenters. The van der Waals surface area contributed by atoms with E-state index in [1.54, 1.807) is 48.5 Å². The summed E-state index contributed by atoms with van der Waals surface area (Å²) >= 11 is 4.43. The predicted octanol–water partition coefficient (Wildman–Crippen LogP) is 8.12. The molecule has 8 rings (SSSR count). The fourth-order valence-corrected chi connectivity index (χ4v) is 8.72. The molecule has 1 fully saturated rings. The third kappa shape index (κ3) is 3.65. The highest BCUT2D eigenvalue weighted by molar-refractivity contribution is 14.1. The number of carbonyl (C=O) groups excluding carboxylic acids is 4. The maximum Gasteiger partial charge on any atom is 0.197 e. The highest BCUT2D eigenvalue weighted by Crippen LogP contribution is 2.69. The van der Waals surface area contributed by atoms with Crippen molar-refractivity contribution in [2.75, 3.05) is 4.90 Å². The highest BCUT2D eigenvalue weighted by atomic mass is 127. The molecule has 0 radical (unpaired) electrons. The van der Waals surface area contributed by atoms with Crippen molar-refractivity contribution in [1.29, 1.82) is 0 Å². The molecule has 0 amide bonds. The summed E-state index contributed by atoms with van der Waals surface area (Å²) in [6.45, 7) is 0. The van der Waals surface area contributed by atoms with Gasteiger partial charge in [0.2, 0.25) is 0 Å². The Hall–Kier alpha value is -3.96. The summed E-state index contributed by atoms with van der Waals surface area (Å²) < 4.78 is 1.93. The van der Waals surface area contributed by atoms with Crippen molar-refractivity contribution >= 4 is 74.0 Å². The zero-order chi connectivity index (χ0) is 31.1. The average molecular weight is 811 g/mol. The standard InChI is InChI=1S/C38H23I2NO4/c39-24-18-14-22(15-19-24)31-37(33(42)27-10-4-5-11-28(27)34(37)43)32(23-16-20-25(40)21-17-23)41(26-8-2-1-3-9-26)38(31)35(44)29-12-6-7-13-30(29)36(38)45/h1-21,31-32H/t31-,32-/m1/s1. The van der Waals surface area contributed by atoms with Crippen LogP contribution in [0.3, 0.4) is 0 Å². The Morgan fingerprint density at radius 1 is 0.467 bits per heavy atom. The summed E-state index contributed by atoms with van der Waals surface area (Å²) in [5.74, 6) is -2.68. The van der Waals surface area contributed by atoms with Crippen molar-refractivity contribution in [1.82, 2.24) is 0 Å². The van der Waals surface area contributed by atoms with Gasteiger partial charge >= 0.3 is 0 Å². The van der Waals surface area contributed by atoms with E-state index in [2.05, 4.69) is 45.2 Å². The molecule has 218 valence electrons. The van der Waals surface area contributed by atoms with Gasteiger partial charge < -0.3 is 4.90 Å². The van der Waals surface area contributed by atoms with Gasteiger partial charge in [-0.25, -0.2) is 0 Å². The first kappa shape index (κ1) is 28.5. The lowest BCUT2D eigenvalue weighted by Gasteiger charge is -2.40. The molecule has 2 spiro atoms. The largest absolute Gasteiger partial charge is 0.343 e. The van der Waals surface area contributed by atoms with Crippen LogP contribution < -0.4 is 4.90 Å². The molecule has 45 heavy (non-hydrogen) atoms. The number of ketones is 4. The van der Waals surface area contributed by atoms with Crippen LogP contribution in [0.1, 0.15) is 64.5 Å². The van der Waals surface area contributed by atoms with Gasteiger partial charge in [-0.1, -0.05) is 91.0 Å². The molecule has 0 N–H and O–H groups in total. The molecule has 1 heterocycles. The number of benzene rings is 5. The quantitative estimate of drug-likeness (QED) is 0.136. The average Bonchev–Trinajstić information content (AvgIpc) is 3.57. The van der Waals surface area contributed by atoms with Crippen molar-refractivity contribution in [3.8, 4) is 0 Å². The number of hydrogen-bond acceptors (Lipinski definition) is 5. The summed E-state index contributed by atoms with van der Waals surface area (Å²) in [6.07, 6.45) is 0. The van der Waals surface area contributed by atoms with E-state index in [9.17, 15) is 0 Å². The van der Waals surface area contributed by atoms with Gasteiger partial charge in [0.1, 0.15) is 5.41 Å². The van der Waals surface area contributed by atoms with E-state index in [1.807, 2.05) is 83.8 Å². The van der Waals surface area contributed by atoms with Crippen LogP contribution in [-0.4, -0.2) is 28.7 Å². The maximum atomic E-state index is 15.3. The highest BCUT2D eigenvalue weighted by Gasteiger charge is 2.80. The second kappa shape index (κ2) is 10.3. The molecule has 1 aliphatic heterocycles. The Labute approximate surface area is 286 Å². The van der Waals surface area contributed by atoms with Gasteiger partial charge in [0, 0.05) is 41.0 Å². The number of rotatable bonds is 3. The Morgan fingerprint density at radius 2 is 0.867 bits per heavy atom. The first-order valence-corrected chi connectivity index (χ1v) is 16.7. The van der Waals surface area contributed by atoms with Crippen LogP contribution in [0.25, 0.3) is 0 Å². The zero-order valence-corrected chi connectivity index (χ0v) is 27.9. The van der Waals surface area contributed by atoms with Gasteiger partial charge in [-0.15, -0.1) is 0 Å². The molecule has 0 bridgehead atoms. The van der Waals surface area contributed by atoms with Crippen LogP contribution in [0.15, 0.2) is 127 Å². The number of hydrogen-bond donors (Lipinski definition) is 0. The van der Waals surface area contributed by atoms with Gasteiger partial charge in [-0.05, 0) is 92.7 Å². The van der Waals surface area contributed by atoms with Crippen molar-refractivity contribution in [3.05, 3.63) is 168 Å². The summed E-state index contributed by atoms with van der Waals surface area (Å²) in [4.78, 5) is 62.8. The minimum absolute atomic E-state index is 0.299. The molecular weight excluding hydrogens is 788 g/mol. The van der Waals surface area contributed by atoms with Gasteiger partial charge in [-0.2, -0.15) is 0 Å². The van der Waals surface area contributed by atoms with Crippen LogP contribution in [0.4, 0.5) is 5.69 Å². The Kier molecular flexibility index (Phi) is 6.51. The van der Waals surface area contributed by atoms with Crippen LogP contribution in [0.5, 0.6) is 0 Å². The van der Waals surface area contributed by atoms with Gasteiger partial charge in [-0.3, -0.25) is 19.2 Å².